The molecule has 0 radical (unpaired) electrons. The molecule has 35 heavy (non-hydrogen) atoms. The number of nitrogens with one attached hydrogen (secondary N) is 1. The molecule has 1 aliphatic carbocycles. The number of Topliss-reactive ketones (excluding diaryl/α,β-unsaturated/α-hetero) is 1. The van der Waals surface area contributed by atoms with E-state index in [1.165, 1.54) is 37.1 Å². The van der Waals surface area contributed by atoms with Gasteiger partial charge in [0.25, 0.3) is 0 Å². The number of hydrogen-bond donors (Lipinski definition) is 3. The van der Waals surface area contributed by atoms with Gasteiger partial charge in [-0.3, -0.25) is 14.4 Å². The maximum atomic E-state index is 12.9. The number of rotatable bonds is 13. The number of ketones is 1. The van der Waals surface area contributed by atoms with E-state index in [4.69, 9.17) is 10.5 Å². The highest BCUT2D eigenvalue weighted by Gasteiger charge is 2.24. The summed E-state index contributed by atoms with van der Waals surface area (Å²) in [7, 11) is 0. The van der Waals surface area contributed by atoms with Gasteiger partial charge in [-0.25, -0.2) is 0 Å². The molecular formula is C27H34N2O5S. The van der Waals surface area contributed by atoms with Gasteiger partial charge in [0, 0.05) is 30.0 Å². The van der Waals surface area contributed by atoms with Crippen molar-refractivity contribution in [2.75, 3.05) is 29.2 Å². The predicted octanol–water partition coefficient (Wildman–Crippen LogP) is 5.12. The third kappa shape index (κ3) is 9.03. The van der Waals surface area contributed by atoms with Crippen molar-refractivity contribution in [2.24, 2.45) is 0 Å². The van der Waals surface area contributed by atoms with E-state index in [1.54, 1.807) is 42.5 Å². The Kier molecular flexibility index (Phi) is 10.6. The summed E-state index contributed by atoms with van der Waals surface area (Å²) in [6.45, 7) is 0.723. The van der Waals surface area contributed by atoms with Crippen LogP contribution in [0, 0.1) is 0 Å². The van der Waals surface area contributed by atoms with Crippen LogP contribution in [-0.2, 0) is 14.3 Å². The van der Waals surface area contributed by atoms with Crippen LogP contribution in [0.2, 0.25) is 0 Å². The van der Waals surface area contributed by atoms with Gasteiger partial charge in [-0.2, -0.15) is 11.8 Å². The van der Waals surface area contributed by atoms with Crippen LogP contribution < -0.4 is 11.1 Å². The molecular weight excluding hydrogens is 464 g/mol. The molecule has 1 saturated carbocycles. The zero-order chi connectivity index (χ0) is 25.0. The minimum absolute atomic E-state index is 0.181. The van der Waals surface area contributed by atoms with Crippen molar-refractivity contribution in [1.82, 2.24) is 0 Å². The Bertz CT molecular complexity index is 992. The largest absolute Gasteiger partial charge is 0.481 e. The fourth-order valence-corrected chi connectivity index (χ4v) is 4.95. The molecule has 3 rings (SSSR count). The van der Waals surface area contributed by atoms with Crippen LogP contribution in [0.5, 0.6) is 0 Å². The number of amides is 1. The fraction of sp³-hybridized carbons (Fsp3) is 0.444. The van der Waals surface area contributed by atoms with Crippen molar-refractivity contribution in [1.29, 1.82) is 0 Å². The number of hydrogen-bond acceptors (Lipinski definition) is 6. The molecule has 1 aliphatic rings. The molecule has 2 aromatic rings. The van der Waals surface area contributed by atoms with Crippen molar-refractivity contribution in [3.8, 4) is 0 Å². The standard InChI is InChI=1S/C27H34N2O5S/c28-21-14-20(25(30)17-24(27(32)33)19-8-3-1-4-9-19)15-22(16-21)29-26(31)18-35-13-7-12-34-23-10-5-2-6-11-23/h1,3-4,8-9,14-16,23-24H,2,5-7,10-13,17-18,28H2,(H,29,31)(H,32,33). The SMILES string of the molecule is Nc1cc(NC(=O)CSCCCOC2CCCCC2)cc(C(=O)CC(C(=O)O)c2ccccc2)c1. The lowest BCUT2D eigenvalue weighted by molar-refractivity contribution is -0.138. The van der Waals surface area contributed by atoms with E-state index in [0.717, 1.165) is 31.6 Å². The summed E-state index contributed by atoms with van der Waals surface area (Å²) < 4.78 is 5.91. The summed E-state index contributed by atoms with van der Waals surface area (Å²) in [5.74, 6) is -1.44. The van der Waals surface area contributed by atoms with Gasteiger partial charge in [0.05, 0.1) is 17.8 Å². The zero-order valence-corrected chi connectivity index (χ0v) is 20.7. The number of nitrogen functional groups attached to an aromatic ring is 1. The highest BCUT2D eigenvalue weighted by molar-refractivity contribution is 7.99. The van der Waals surface area contributed by atoms with E-state index in [9.17, 15) is 19.5 Å². The van der Waals surface area contributed by atoms with E-state index in [0.29, 0.717) is 23.0 Å². The van der Waals surface area contributed by atoms with Gasteiger partial charge in [0.2, 0.25) is 5.91 Å². The van der Waals surface area contributed by atoms with Crippen molar-refractivity contribution in [3.63, 3.8) is 0 Å². The van der Waals surface area contributed by atoms with Crippen LogP contribution in [0.3, 0.4) is 0 Å². The Balaban J connectivity index is 1.46. The number of nitrogens with two attached hydrogens (primary N) is 1. The van der Waals surface area contributed by atoms with Gasteiger partial charge < -0.3 is 20.9 Å². The summed E-state index contributed by atoms with van der Waals surface area (Å²) >= 11 is 1.54. The predicted molar refractivity (Wildman–Crippen MR) is 140 cm³/mol. The van der Waals surface area contributed by atoms with Crippen LogP contribution in [-0.4, -0.2) is 47.0 Å². The summed E-state index contributed by atoms with van der Waals surface area (Å²) in [4.78, 5) is 37.0. The molecule has 1 amide bonds. The second-order valence-electron chi connectivity index (χ2n) is 8.86. The Morgan fingerprint density at radius 1 is 1.09 bits per heavy atom. The highest BCUT2D eigenvalue weighted by Crippen LogP contribution is 2.25. The average Bonchev–Trinajstić information content (AvgIpc) is 2.85. The second kappa shape index (κ2) is 13.9. The summed E-state index contributed by atoms with van der Waals surface area (Å²) in [5, 5.41) is 12.4. The van der Waals surface area contributed by atoms with Gasteiger partial charge in [0.1, 0.15) is 0 Å². The number of aliphatic carboxylic acids is 1. The van der Waals surface area contributed by atoms with Crippen LogP contribution in [0.25, 0.3) is 0 Å². The Morgan fingerprint density at radius 3 is 2.54 bits per heavy atom. The minimum Gasteiger partial charge on any atom is -0.481 e. The average molecular weight is 499 g/mol. The molecule has 0 aromatic heterocycles. The van der Waals surface area contributed by atoms with Crippen LogP contribution in [0.1, 0.15) is 66.8 Å². The molecule has 1 unspecified atom stereocenters. The molecule has 0 bridgehead atoms. The van der Waals surface area contributed by atoms with E-state index < -0.39 is 11.9 Å². The number of carbonyl (C=O) groups excluding carboxylic acids is 2. The third-order valence-electron chi connectivity index (χ3n) is 6.02. The van der Waals surface area contributed by atoms with Crippen molar-refractivity contribution in [2.45, 2.75) is 57.0 Å². The maximum Gasteiger partial charge on any atom is 0.311 e. The van der Waals surface area contributed by atoms with Gasteiger partial charge in [-0.05, 0) is 48.8 Å². The number of thioether (sulfide) groups is 1. The first-order valence-corrected chi connectivity index (χ1v) is 13.3. The number of anilines is 2. The molecule has 1 fully saturated rings. The number of carboxylic acid groups (broad SMARTS) is 1. The molecule has 0 heterocycles. The number of benzene rings is 2. The topological polar surface area (TPSA) is 119 Å². The quantitative estimate of drug-likeness (QED) is 0.199. The summed E-state index contributed by atoms with van der Waals surface area (Å²) in [6.07, 6.45) is 7.23. The molecule has 2 aromatic carbocycles. The van der Waals surface area contributed by atoms with E-state index in [1.807, 2.05) is 0 Å². The number of carbonyl (C=O) groups is 3. The van der Waals surface area contributed by atoms with E-state index in [2.05, 4.69) is 5.32 Å². The van der Waals surface area contributed by atoms with Crippen molar-refractivity contribution in [3.05, 3.63) is 59.7 Å². The first kappa shape index (κ1) is 26.8. The molecule has 8 heteroatoms. The normalized spacial score (nSPS) is 14.9. The molecule has 0 aliphatic heterocycles. The van der Waals surface area contributed by atoms with Gasteiger partial charge in [-0.15, -0.1) is 0 Å². The van der Waals surface area contributed by atoms with Crippen molar-refractivity contribution >= 4 is 40.8 Å². The molecule has 4 N–H and O–H groups in total. The first-order valence-electron chi connectivity index (χ1n) is 12.1. The van der Waals surface area contributed by atoms with Gasteiger partial charge in [0.15, 0.2) is 5.78 Å². The zero-order valence-electron chi connectivity index (χ0n) is 19.9. The molecule has 1 atom stereocenters. The molecule has 7 nitrogen and oxygen atoms in total. The van der Waals surface area contributed by atoms with E-state index >= 15 is 0 Å². The Labute approximate surface area is 210 Å². The summed E-state index contributed by atoms with van der Waals surface area (Å²) in [5.41, 5.74) is 7.53. The van der Waals surface area contributed by atoms with Crippen molar-refractivity contribution < 1.29 is 24.2 Å². The lowest BCUT2D eigenvalue weighted by Crippen LogP contribution is -2.18. The minimum atomic E-state index is -1.07. The second-order valence-corrected chi connectivity index (χ2v) is 9.96. The van der Waals surface area contributed by atoms with Crippen LogP contribution in [0.15, 0.2) is 48.5 Å². The number of carboxylic acids is 1. The van der Waals surface area contributed by atoms with Gasteiger partial charge in [-0.1, -0.05) is 49.6 Å². The third-order valence-corrected chi connectivity index (χ3v) is 7.07. The lowest BCUT2D eigenvalue weighted by atomic mass is 9.91. The highest BCUT2D eigenvalue weighted by atomic mass is 32.2. The van der Waals surface area contributed by atoms with Crippen LogP contribution in [0.4, 0.5) is 11.4 Å². The smallest absolute Gasteiger partial charge is 0.311 e. The first-order chi connectivity index (χ1) is 16.9. The molecule has 0 spiro atoms. The lowest BCUT2D eigenvalue weighted by Gasteiger charge is -2.21. The Morgan fingerprint density at radius 2 is 1.83 bits per heavy atom. The van der Waals surface area contributed by atoms with Crippen LogP contribution >= 0.6 is 11.8 Å². The molecule has 188 valence electrons. The Hall–Kier alpha value is -2.84. The molecule has 0 saturated heterocycles. The maximum absolute atomic E-state index is 12.9. The monoisotopic (exact) mass is 498 g/mol. The number of ether oxygens (including phenoxy) is 1. The summed E-state index contributed by atoms with van der Waals surface area (Å²) in [6, 6.07) is 13.3. The van der Waals surface area contributed by atoms with E-state index in [-0.39, 0.29) is 29.4 Å². The van der Waals surface area contributed by atoms with Gasteiger partial charge >= 0.3 is 5.97 Å². The fourth-order valence-electron chi connectivity index (χ4n) is 4.23.